The molecule has 0 radical (unpaired) electrons. The van der Waals surface area contributed by atoms with Crippen molar-refractivity contribution in [2.45, 2.75) is 31.2 Å². The van der Waals surface area contributed by atoms with Gasteiger partial charge >= 0.3 is 0 Å². The number of nitrogens with zero attached hydrogens (tertiary/aromatic N) is 1. The van der Waals surface area contributed by atoms with E-state index in [0.717, 1.165) is 16.5 Å². The van der Waals surface area contributed by atoms with Gasteiger partial charge in [-0.1, -0.05) is 47.1 Å². The van der Waals surface area contributed by atoms with Crippen LogP contribution in [-0.2, 0) is 27.8 Å². The molecule has 0 aliphatic rings. The first-order valence-electron chi connectivity index (χ1n) is 8.39. The molecule has 0 aliphatic carbocycles. The fourth-order valence-electron chi connectivity index (χ4n) is 2.42. The van der Waals surface area contributed by atoms with Crippen LogP contribution in [-0.4, -0.2) is 32.8 Å². The number of halogens is 1. The Hall–Kier alpha value is -1.70. The Kier molecular flexibility index (Phi) is 7.37. The molecule has 0 aliphatic heterocycles. The Labute approximate surface area is 163 Å². The van der Waals surface area contributed by atoms with Crippen LogP contribution in [0.2, 0.25) is 0 Å². The number of hydrogen-bond acceptors (Lipinski definition) is 3. The Morgan fingerprint density at radius 1 is 1.04 bits per heavy atom. The number of rotatable bonds is 8. The van der Waals surface area contributed by atoms with Crippen molar-refractivity contribution in [1.82, 2.24) is 9.62 Å². The average Bonchev–Trinajstić information content (AvgIpc) is 2.62. The van der Waals surface area contributed by atoms with Gasteiger partial charge < -0.3 is 4.90 Å². The second-order valence-electron chi connectivity index (χ2n) is 6.02. The lowest BCUT2D eigenvalue weighted by molar-refractivity contribution is -0.130. The molecular weight excluding hydrogens is 416 g/mol. The van der Waals surface area contributed by atoms with Gasteiger partial charge in [0.1, 0.15) is 0 Å². The maximum Gasteiger partial charge on any atom is 0.240 e. The SMILES string of the molecule is CCc1ccc(CN(C)C(=O)CCNS(=O)(=O)c2ccc(Br)cc2)cc1. The quantitative estimate of drug-likeness (QED) is 0.686. The number of amides is 1. The summed E-state index contributed by atoms with van der Waals surface area (Å²) in [7, 11) is -1.89. The average molecular weight is 439 g/mol. The van der Waals surface area contributed by atoms with Crippen LogP contribution < -0.4 is 4.72 Å². The number of nitrogens with one attached hydrogen (secondary N) is 1. The smallest absolute Gasteiger partial charge is 0.240 e. The molecule has 0 saturated carbocycles. The molecule has 1 amide bonds. The molecule has 1 N–H and O–H groups in total. The van der Waals surface area contributed by atoms with Crippen molar-refractivity contribution in [3.63, 3.8) is 0 Å². The van der Waals surface area contributed by atoms with E-state index in [1.54, 1.807) is 24.1 Å². The van der Waals surface area contributed by atoms with E-state index in [1.807, 2.05) is 12.1 Å². The minimum absolute atomic E-state index is 0.0658. The van der Waals surface area contributed by atoms with Gasteiger partial charge in [0, 0.05) is 31.0 Å². The Morgan fingerprint density at radius 2 is 1.62 bits per heavy atom. The van der Waals surface area contributed by atoms with Crippen LogP contribution in [0, 0.1) is 0 Å². The van der Waals surface area contributed by atoms with Gasteiger partial charge in [-0.2, -0.15) is 0 Å². The van der Waals surface area contributed by atoms with Crippen molar-refractivity contribution in [3.8, 4) is 0 Å². The lowest BCUT2D eigenvalue weighted by atomic mass is 10.1. The summed E-state index contributed by atoms with van der Waals surface area (Å²) < 4.78 is 27.7. The molecule has 2 rings (SSSR count). The van der Waals surface area contributed by atoms with E-state index < -0.39 is 10.0 Å². The highest BCUT2D eigenvalue weighted by atomic mass is 79.9. The van der Waals surface area contributed by atoms with Gasteiger partial charge in [-0.25, -0.2) is 13.1 Å². The predicted molar refractivity (Wildman–Crippen MR) is 106 cm³/mol. The molecule has 0 bridgehead atoms. The van der Waals surface area contributed by atoms with Crippen LogP contribution in [0.25, 0.3) is 0 Å². The standard InChI is InChI=1S/C19H23BrN2O3S/c1-3-15-4-6-16(7-5-15)14-22(2)19(23)12-13-21-26(24,25)18-10-8-17(20)9-11-18/h4-11,21H,3,12-14H2,1-2H3. The van der Waals surface area contributed by atoms with E-state index in [4.69, 9.17) is 0 Å². The van der Waals surface area contributed by atoms with Gasteiger partial charge in [0.05, 0.1) is 4.90 Å². The molecule has 26 heavy (non-hydrogen) atoms. The molecule has 0 atom stereocenters. The maximum atomic E-state index is 12.2. The van der Waals surface area contributed by atoms with E-state index in [9.17, 15) is 13.2 Å². The summed E-state index contributed by atoms with van der Waals surface area (Å²) in [6.45, 7) is 2.67. The third-order valence-electron chi connectivity index (χ3n) is 4.03. The Balaban J connectivity index is 1.84. The summed E-state index contributed by atoms with van der Waals surface area (Å²) in [4.78, 5) is 14.0. The second kappa shape index (κ2) is 9.30. The normalized spacial score (nSPS) is 11.3. The first kappa shape index (κ1) is 20.6. The summed E-state index contributed by atoms with van der Waals surface area (Å²) in [5, 5.41) is 0. The van der Waals surface area contributed by atoms with E-state index in [1.165, 1.54) is 17.7 Å². The first-order valence-corrected chi connectivity index (χ1v) is 10.7. The minimum atomic E-state index is -3.61. The van der Waals surface area contributed by atoms with Gasteiger partial charge in [-0.15, -0.1) is 0 Å². The van der Waals surface area contributed by atoms with Crippen molar-refractivity contribution in [2.24, 2.45) is 0 Å². The molecule has 140 valence electrons. The molecular formula is C19H23BrN2O3S. The van der Waals surface area contributed by atoms with Crippen molar-refractivity contribution in [2.75, 3.05) is 13.6 Å². The van der Waals surface area contributed by atoms with E-state index in [-0.39, 0.29) is 23.8 Å². The number of carbonyl (C=O) groups is 1. The Bertz CT molecular complexity index is 834. The monoisotopic (exact) mass is 438 g/mol. The van der Waals surface area contributed by atoms with Crippen molar-refractivity contribution < 1.29 is 13.2 Å². The number of aryl methyl sites for hydroxylation is 1. The van der Waals surface area contributed by atoms with E-state index >= 15 is 0 Å². The van der Waals surface area contributed by atoms with Gasteiger partial charge in [0.2, 0.25) is 15.9 Å². The van der Waals surface area contributed by atoms with Gasteiger partial charge in [0.15, 0.2) is 0 Å². The van der Waals surface area contributed by atoms with Crippen molar-refractivity contribution >= 4 is 31.9 Å². The molecule has 0 heterocycles. The number of carbonyl (C=O) groups excluding carboxylic acids is 1. The summed E-state index contributed by atoms with van der Waals surface area (Å²) >= 11 is 3.27. The predicted octanol–water partition coefficient (Wildman–Crippen LogP) is 3.34. The summed E-state index contributed by atoms with van der Waals surface area (Å²) in [6, 6.07) is 14.5. The lowest BCUT2D eigenvalue weighted by Gasteiger charge is -2.17. The second-order valence-corrected chi connectivity index (χ2v) is 8.70. The third kappa shape index (κ3) is 5.93. The molecule has 0 unspecified atom stereocenters. The highest BCUT2D eigenvalue weighted by molar-refractivity contribution is 9.10. The zero-order valence-corrected chi connectivity index (χ0v) is 17.3. The summed E-state index contributed by atoms with van der Waals surface area (Å²) in [5.74, 6) is -0.108. The molecule has 0 spiro atoms. The van der Waals surface area contributed by atoms with E-state index in [0.29, 0.717) is 6.54 Å². The Morgan fingerprint density at radius 3 is 2.19 bits per heavy atom. The largest absolute Gasteiger partial charge is 0.341 e. The lowest BCUT2D eigenvalue weighted by Crippen LogP contribution is -2.31. The molecule has 2 aromatic rings. The van der Waals surface area contributed by atoms with Gasteiger partial charge in [-0.05, 0) is 41.8 Å². The van der Waals surface area contributed by atoms with Crippen LogP contribution in [0.4, 0.5) is 0 Å². The third-order valence-corrected chi connectivity index (χ3v) is 6.04. The topological polar surface area (TPSA) is 66.5 Å². The molecule has 5 nitrogen and oxygen atoms in total. The summed E-state index contributed by atoms with van der Waals surface area (Å²) in [6.07, 6.45) is 1.09. The van der Waals surface area contributed by atoms with Crippen LogP contribution >= 0.6 is 15.9 Å². The molecule has 0 saturated heterocycles. The van der Waals surface area contributed by atoms with Crippen molar-refractivity contribution in [1.29, 1.82) is 0 Å². The van der Waals surface area contributed by atoms with Crippen LogP contribution in [0.15, 0.2) is 57.9 Å². The summed E-state index contributed by atoms with van der Waals surface area (Å²) in [5.41, 5.74) is 2.30. The zero-order valence-electron chi connectivity index (χ0n) is 14.9. The molecule has 7 heteroatoms. The molecule has 0 aromatic heterocycles. The van der Waals surface area contributed by atoms with E-state index in [2.05, 4.69) is 39.7 Å². The van der Waals surface area contributed by atoms with Crippen LogP contribution in [0.3, 0.4) is 0 Å². The van der Waals surface area contributed by atoms with Crippen LogP contribution in [0.5, 0.6) is 0 Å². The first-order chi connectivity index (χ1) is 12.3. The fourth-order valence-corrected chi connectivity index (χ4v) is 3.72. The van der Waals surface area contributed by atoms with Gasteiger partial charge in [0.25, 0.3) is 0 Å². The molecule has 0 fully saturated rings. The number of sulfonamides is 1. The minimum Gasteiger partial charge on any atom is -0.341 e. The number of hydrogen-bond donors (Lipinski definition) is 1. The number of benzene rings is 2. The zero-order chi connectivity index (χ0) is 19.2. The van der Waals surface area contributed by atoms with Crippen molar-refractivity contribution in [3.05, 3.63) is 64.1 Å². The fraction of sp³-hybridized carbons (Fsp3) is 0.316. The highest BCUT2D eigenvalue weighted by Crippen LogP contribution is 2.14. The van der Waals surface area contributed by atoms with Crippen LogP contribution in [0.1, 0.15) is 24.5 Å². The molecule has 2 aromatic carbocycles. The maximum absolute atomic E-state index is 12.2. The highest BCUT2D eigenvalue weighted by Gasteiger charge is 2.15. The van der Waals surface area contributed by atoms with Gasteiger partial charge in [-0.3, -0.25) is 4.79 Å².